The van der Waals surface area contributed by atoms with Crippen LogP contribution < -0.4 is 16.0 Å². The lowest BCUT2D eigenvalue weighted by atomic mass is 9.96. The molecule has 27 heavy (non-hydrogen) atoms. The summed E-state index contributed by atoms with van der Waals surface area (Å²) < 4.78 is 0. The van der Waals surface area contributed by atoms with Gasteiger partial charge in [0.15, 0.2) is 0 Å². The van der Waals surface area contributed by atoms with E-state index in [1.54, 1.807) is 0 Å². The highest BCUT2D eigenvalue weighted by molar-refractivity contribution is 6.31. The van der Waals surface area contributed by atoms with Crippen molar-refractivity contribution in [2.45, 2.75) is 25.7 Å². The van der Waals surface area contributed by atoms with E-state index in [1.165, 1.54) is 0 Å². The minimum atomic E-state index is -0.226. The summed E-state index contributed by atoms with van der Waals surface area (Å²) in [5.74, 6) is -0.330. The summed E-state index contributed by atoms with van der Waals surface area (Å²) in [4.78, 5) is 26.0. The first-order chi connectivity index (χ1) is 13.0. The zero-order valence-corrected chi connectivity index (χ0v) is 15.9. The first kappa shape index (κ1) is 19.2. The van der Waals surface area contributed by atoms with Gasteiger partial charge in [-0.25, -0.2) is 0 Å². The molecule has 1 saturated heterocycles. The second-order valence-corrected chi connectivity index (χ2v) is 7.23. The van der Waals surface area contributed by atoms with E-state index in [1.807, 2.05) is 48.5 Å². The third kappa shape index (κ3) is 5.01. The number of carbonyl (C=O) groups excluding carboxylic acids is 2. The zero-order valence-electron chi connectivity index (χ0n) is 15.2. The van der Waals surface area contributed by atoms with Crippen LogP contribution in [0.15, 0.2) is 48.5 Å². The molecule has 0 atom stereocenters. The maximum absolute atomic E-state index is 12.4. The normalized spacial score (nSPS) is 14.8. The number of amides is 2. The Morgan fingerprint density at radius 2 is 1.74 bits per heavy atom. The van der Waals surface area contributed by atoms with Gasteiger partial charge in [0.05, 0.1) is 11.4 Å². The molecular formula is C21H24ClN3O2. The fourth-order valence-electron chi connectivity index (χ4n) is 3.42. The molecule has 2 aromatic carbocycles. The van der Waals surface area contributed by atoms with E-state index in [0.717, 1.165) is 42.9 Å². The van der Waals surface area contributed by atoms with Crippen LogP contribution in [0.25, 0.3) is 0 Å². The summed E-state index contributed by atoms with van der Waals surface area (Å²) >= 11 is 6.16. The van der Waals surface area contributed by atoms with Gasteiger partial charge in [-0.05, 0) is 43.0 Å². The molecule has 0 unspecified atom stereocenters. The summed E-state index contributed by atoms with van der Waals surface area (Å²) in [5, 5.41) is 3.70. The van der Waals surface area contributed by atoms with Crippen molar-refractivity contribution in [3.05, 3.63) is 59.1 Å². The third-order valence-corrected chi connectivity index (χ3v) is 5.36. The maximum atomic E-state index is 12.4. The predicted molar refractivity (Wildman–Crippen MR) is 109 cm³/mol. The number of nitrogens with one attached hydrogen (secondary N) is 1. The number of aryl methyl sites for hydroxylation is 1. The SMILES string of the molecule is NC(=O)C1CCN(c2ccccc2NC(=O)CCc2ccccc2Cl)CC1. The molecule has 1 aliphatic heterocycles. The number of halogens is 1. The van der Waals surface area contributed by atoms with Crippen molar-refractivity contribution in [2.75, 3.05) is 23.3 Å². The summed E-state index contributed by atoms with van der Waals surface area (Å²) in [7, 11) is 0. The molecule has 1 aliphatic rings. The third-order valence-electron chi connectivity index (χ3n) is 5.00. The molecule has 0 aliphatic carbocycles. The largest absolute Gasteiger partial charge is 0.370 e. The number of benzene rings is 2. The smallest absolute Gasteiger partial charge is 0.224 e. The van der Waals surface area contributed by atoms with Crippen LogP contribution in [0.2, 0.25) is 5.02 Å². The van der Waals surface area contributed by atoms with Crippen molar-refractivity contribution in [1.29, 1.82) is 0 Å². The van der Waals surface area contributed by atoms with Crippen molar-refractivity contribution in [3.63, 3.8) is 0 Å². The van der Waals surface area contributed by atoms with E-state index < -0.39 is 0 Å². The van der Waals surface area contributed by atoms with Crippen molar-refractivity contribution in [2.24, 2.45) is 11.7 Å². The lowest BCUT2D eigenvalue weighted by Crippen LogP contribution is -2.38. The van der Waals surface area contributed by atoms with Gasteiger partial charge < -0.3 is 16.0 Å². The van der Waals surface area contributed by atoms with Gasteiger partial charge in [0.2, 0.25) is 11.8 Å². The first-order valence-corrected chi connectivity index (χ1v) is 9.59. The Morgan fingerprint density at radius 1 is 1.07 bits per heavy atom. The fourth-order valence-corrected chi connectivity index (χ4v) is 3.65. The molecule has 142 valence electrons. The zero-order chi connectivity index (χ0) is 19.2. The van der Waals surface area contributed by atoms with E-state index >= 15 is 0 Å². The van der Waals surface area contributed by atoms with Crippen LogP contribution in [-0.4, -0.2) is 24.9 Å². The lowest BCUT2D eigenvalue weighted by Gasteiger charge is -2.33. The number of nitrogens with zero attached hydrogens (tertiary/aromatic N) is 1. The summed E-state index contributed by atoms with van der Waals surface area (Å²) in [6, 6.07) is 15.3. The summed E-state index contributed by atoms with van der Waals surface area (Å²) in [6.45, 7) is 1.50. The van der Waals surface area contributed by atoms with Gasteiger partial charge in [0, 0.05) is 30.5 Å². The molecule has 1 fully saturated rings. The van der Waals surface area contributed by atoms with Crippen molar-refractivity contribution in [3.8, 4) is 0 Å². The van der Waals surface area contributed by atoms with Gasteiger partial charge in [-0.15, -0.1) is 0 Å². The van der Waals surface area contributed by atoms with Crippen LogP contribution in [0.1, 0.15) is 24.8 Å². The molecule has 0 radical (unpaired) electrons. The second-order valence-electron chi connectivity index (χ2n) is 6.82. The van der Waals surface area contributed by atoms with Crippen LogP contribution in [0.4, 0.5) is 11.4 Å². The van der Waals surface area contributed by atoms with Crippen molar-refractivity contribution >= 4 is 34.8 Å². The Hall–Kier alpha value is -2.53. The minimum absolute atomic E-state index is 0.0469. The highest BCUT2D eigenvalue weighted by atomic mass is 35.5. The molecule has 3 rings (SSSR count). The van der Waals surface area contributed by atoms with Gasteiger partial charge in [0.1, 0.15) is 0 Å². The second kappa shape index (κ2) is 8.91. The first-order valence-electron chi connectivity index (χ1n) is 9.21. The minimum Gasteiger partial charge on any atom is -0.370 e. The molecule has 6 heteroatoms. The average Bonchev–Trinajstić information content (AvgIpc) is 2.68. The molecular weight excluding hydrogens is 362 g/mol. The molecule has 1 heterocycles. The Morgan fingerprint density at radius 3 is 2.44 bits per heavy atom. The van der Waals surface area contributed by atoms with Gasteiger partial charge >= 0.3 is 0 Å². The highest BCUT2D eigenvalue weighted by Crippen LogP contribution is 2.30. The molecule has 0 bridgehead atoms. The highest BCUT2D eigenvalue weighted by Gasteiger charge is 2.24. The molecule has 2 amide bonds. The van der Waals surface area contributed by atoms with Crippen LogP contribution in [0.3, 0.4) is 0 Å². The lowest BCUT2D eigenvalue weighted by molar-refractivity contribution is -0.122. The van der Waals surface area contributed by atoms with Crippen molar-refractivity contribution in [1.82, 2.24) is 0 Å². The fraction of sp³-hybridized carbons (Fsp3) is 0.333. The molecule has 0 saturated carbocycles. The molecule has 3 N–H and O–H groups in total. The van der Waals surface area contributed by atoms with Gasteiger partial charge in [-0.1, -0.05) is 41.9 Å². The van der Waals surface area contributed by atoms with E-state index in [2.05, 4.69) is 10.2 Å². The van der Waals surface area contributed by atoms with Crippen LogP contribution in [0.5, 0.6) is 0 Å². The van der Waals surface area contributed by atoms with E-state index in [9.17, 15) is 9.59 Å². The molecule has 0 spiro atoms. The Labute approximate surface area is 164 Å². The number of rotatable bonds is 6. The maximum Gasteiger partial charge on any atom is 0.224 e. The number of hydrogen-bond donors (Lipinski definition) is 2. The van der Waals surface area contributed by atoms with E-state index in [0.29, 0.717) is 17.9 Å². The number of primary amides is 1. The van der Waals surface area contributed by atoms with Crippen LogP contribution >= 0.6 is 11.6 Å². The topological polar surface area (TPSA) is 75.4 Å². The quantitative estimate of drug-likeness (QED) is 0.797. The van der Waals surface area contributed by atoms with Crippen molar-refractivity contribution < 1.29 is 9.59 Å². The van der Waals surface area contributed by atoms with E-state index in [-0.39, 0.29) is 17.7 Å². The Kier molecular flexibility index (Phi) is 6.35. The summed E-state index contributed by atoms with van der Waals surface area (Å²) in [5.41, 5.74) is 8.15. The molecule has 2 aromatic rings. The number of nitrogens with two attached hydrogens (primary N) is 1. The average molecular weight is 386 g/mol. The van der Waals surface area contributed by atoms with Gasteiger partial charge in [0.25, 0.3) is 0 Å². The Balaban J connectivity index is 1.61. The van der Waals surface area contributed by atoms with Crippen LogP contribution in [0, 0.1) is 5.92 Å². The number of piperidine rings is 1. The number of carbonyl (C=O) groups is 2. The van der Waals surface area contributed by atoms with Crippen LogP contribution in [-0.2, 0) is 16.0 Å². The van der Waals surface area contributed by atoms with E-state index in [4.69, 9.17) is 17.3 Å². The van der Waals surface area contributed by atoms with Gasteiger partial charge in [-0.3, -0.25) is 9.59 Å². The molecule has 5 nitrogen and oxygen atoms in total. The monoisotopic (exact) mass is 385 g/mol. The molecule has 0 aromatic heterocycles. The number of anilines is 2. The van der Waals surface area contributed by atoms with Gasteiger partial charge in [-0.2, -0.15) is 0 Å². The summed E-state index contributed by atoms with van der Waals surface area (Å²) in [6.07, 6.45) is 2.44. The standard InChI is InChI=1S/C21H24ClN3O2/c22-17-6-2-1-5-15(17)9-10-20(26)24-18-7-3-4-8-19(18)25-13-11-16(12-14-25)21(23)27/h1-8,16H,9-14H2,(H2,23,27)(H,24,26). The number of para-hydroxylation sites is 2. The Bertz CT molecular complexity index is 817. The predicted octanol–water partition coefficient (Wildman–Crippen LogP) is 3.61. The number of hydrogen-bond acceptors (Lipinski definition) is 3.